The van der Waals surface area contributed by atoms with Crippen LogP contribution in [-0.4, -0.2) is 39.3 Å². The van der Waals surface area contributed by atoms with Crippen LogP contribution in [0.5, 0.6) is 0 Å². The molecule has 1 amide bonds. The van der Waals surface area contributed by atoms with E-state index in [1.807, 2.05) is 0 Å². The van der Waals surface area contributed by atoms with Crippen LogP contribution in [0.2, 0.25) is 0 Å². The van der Waals surface area contributed by atoms with Gasteiger partial charge in [0.2, 0.25) is 5.91 Å². The minimum atomic E-state index is -3.73. The molecule has 2 aromatic rings. The summed E-state index contributed by atoms with van der Waals surface area (Å²) in [5.41, 5.74) is 8.74. The summed E-state index contributed by atoms with van der Waals surface area (Å²) in [5.74, 6) is -0.663. The van der Waals surface area contributed by atoms with Gasteiger partial charge < -0.3 is 16.2 Å². The number of alkyl halides is 1. The van der Waals surface area contributed by atoms with Gasteiger partial charge in [-0.1, -0.05) is 24.3 Å². The van der Waals surface area contributed by atoms with Crippen molar-refractivity contribution in [1.82, 2.24) is 0 Å². The molecule has 4 N–H and O–H groups in total. The van der Waals surface area contributed by atoms with Gasteiger partial charge in [-0.15, -0.1) is 0 Å². The summed E-state index contributed by atoms with van der Waals surface area (Å²) in [5, 5.41) is 11.4. The summed E-state index contributed by atoms with van der Waals surface area (Å²) in [6.07, 6.45) is 0. The van der Waals surface area contributed by atoms with Crippen LogP contribution in [0.15, 0.2) is 53.4 Å². The Balaban J connectivity index is -0.00000103. The predicted octanol–water partition coefficient (Wildman–Crippen LogP) is 4.41. The Hall–Kier alpha value is -1.33. The van der Waals surface area contributed by atoms with Crippen molar-refractivity contribution in [2.75, 3.05) is 23.8 Å². The van der Waals surface area contributed by atoms with Crippen LogP contribution in [0.4, 0.5) is 34.1 Å². The maximum atomic E-state index is 12.3. The van der Waals surface area contributed by atoms with E-state index in [4.69, 9.17) is 29.1 Å². The molecule has 31 heavy (non-hydrogen) atoms. The van der Waals surface area contributed by atoms with E-state index in [-0.39, 0.29) is 54.6 Å². The molecular formula is C17H21AcF5N3O4S-. The quantitative estimate of drug-likeness (QED) is 0.391. The molecule has 7 nitrogen and oxygen atoms in total. The van der Waals surface area contributed by atoms with E-state index in [0.717, 1.165) is 0 Å². The van der Waals surface area contributed by atoms with Gasteiger partial charge in [-0.25, -0.2) is 8.42 Å². The number of aryl methyl sites for hydroxylation is 1. The number of sulfonamides is 1. The standard InChI is InChI=1S/C16H18N3O4S.CH3F.Ac.2F2/c1-11-7-8-12(9-15(11)18-16(21)14(17)10-20)19-24(22,23)13-5-3-2-4-6-13;1-2;;2*1-2/h2-9,14,17,19-20H,10H2,1H3,(H,18,21);1H3;;;/q-1;;;;/t14-;;;;/m0..../s1. The number of hydrogen-bond acceptors (Lipinski definition) is 4. The van der Waals surface area contributed by atoms with Crippen molar-refractivity contribution >= 4 is 27.3 Å². The normalized spacial score (nSPS) is 10.2. The number of carbonyl (C=O) groups is 1. The van der Waals surface area contributed by atoms with E-state index in [2.05, 4.69) is 10.0 Å². The molecule has 173 valence electrons. The Morgan fingerprint density at radius 3 is 2.06 bits per heavy atom. The molecule has 0 spiro atoms. The molecule has 0 aromatic heterocycles. The van der Waals surface area contributed by atoms with Crippen LogP contribution >= 0.6 is 0 Å². The molecule has 0 aliphatic carbocycles. The van der Waals surface area contributed by atoms with Crippen molar-refractivity contribution in [2.45, 2.75) is 17.9 Å². The average molecular weight is 685 g/mol. The first-order chi connectivity index (χ1) is 14.3. The van der Waals surface area contributed by atoms with E-state index in [1.165, 1.54) is 18.2 Å². The summed E-state index contributed by atoms with van der Waals surface area (Å²) in [7, 11) is -3.23. The summed E-state index contributed by atoms with van der Waals surface area (Å²) in [6.45, 7) is 1.15. The molecule has 0 aliphatic rings. The van der Waals surface area contributed by atoms with E-state index in [1.54, 1.807) is 37.3 Å². The molecule has 0 saturated heterocycles. The molecule has 0 bridgehead atoms. The molecule has 14 heteroatoms. The fourth-order valence-electron chi connectivity index (χ4n) is 1.94. The SMILES string of the molecule is CF.Cc1ccc(NS(=O)(=O)c2ccccc2)cc1NC(=O)[C@@H]([NH-])CO.FF.FF.[Ac]. The van der Waals surface area contributed by atoms with Gasteiger partial charge >= 0.3 is 0 Å². The van der Waals surface area contributed by atoms with Gasteiger partial charge in [0, 0.05) is 74.7 Å². The summed E-state index contributed by atoms with van der Waals surface area (Å²) in [4.78, 5) is 11.8. The van der Waals surface area contributed by atoms with Crippen molar-refractivity contribution in [3.8, 4) is 0 Å². The first-order valence-corrected chi connectivity index (χ1v) is 9.29. The molecule has 2 rings (SSSR count). The van der Waals surface area contributed by atoms with E-state index >= 15 is 0 Å². The second-order valence-electron chi connectivity index (χ2n) is 5.17. The fourth-order valence-corrected chi connectivity index (χ4v) is 3.01. The second kappa shape index (κ2) is 19.4. The number of benzene rings is 2. The Morgan fingerprint density at radius 2 is 1.58 bits per heavy atom. The Labute approximate surface area is 212 Å². The van der Waals surface area contributed by atoms with Gasteiger partial charge in [0.15, 0.2) is 0 Å². The topological polar surface area (TPSA) is 119 Å². The number of aliphatic hydroxyl groups excluding tert-OH is 1. The maximum Gasteiger partial charge on any atom is 0.261 e. The van der Waals surface area contributed by atoms with Crippen LogP contribution in [0.1, 0.15) is 5.56 Å². The van der Waals surface area contributed by atoms with Gasteiger partial charge in [0.25, 0.3) is 10.0 Å². The maximum absolute atomic E-state index is 12.3. The average Bonchev–Trinajstić information content (AvgIpc) is 2.80. The van der Waals surface area contributed by atoms with Gasteiger partial charge in [-0.2, -0.15) is 0 Å². The second-order valence-corrected chi connectivity index (χ2v) is 6.86. The Morgan fingerprint density at radius 1 is 1.06 bits per heavy atom. The largest absolute Gasteiger partial charge is 0.665 e. The number of hydrogen-bond donors (Lipinski definition) is 3. The number of carbonyl (C=O) groups excluding carboxylic acids is 1. The minimum absolute atomic E-state index is 0. The van der Waals surface area contributed by atoms with Crippen molar-refractivity contribution in [3.05, 3.63) is 59.8 Å². The summed E-state index contributed by atoms with van der Waals surface area (Å²) < 4.78 is 68.6. The predicted molar refractivity (Wildman–Crippen MR) is 104 cm³/mol. The molecule has 1 radical (unpaired) electrons. The van der Waals surface area contributed by atoms with E-state index in [0.29, 0.717) is 18.4 Å². The molecule has 2 aromatic carbocycles. The third-order valence-electron chi connectivity index (χ3n) is 3.30. The van der Waals surface area contributed by atoms with Crippen molar-refractivity contribution in [2.24, 2.45) is 0 Å². The molecule has 0 aliphatic heterocycles. The first-order valence-electron chi connectivity index (χ1n) is 7.81. The number of amides is 1. The molecule has 0 unspecified atom stereocenters. The fraction of sp³-hybridized carbons (Fsp3) is 0.235. The van der Waals surface area contributed by atoms with Crippen LogP contribution in [0.25, 0.3) is 5.73 Å². The van der Waals surface area contributed by atoms with Crippen molar-refractivity contribution in [3.63, 3.8) is 0 Å². The number of anilines is 2. The third-order valence-corrected chi connectivity index (χ3v) is 4.70. The number of halogens is 5. The van der Waals surface area contributed by atoms with E-state index < -0.39 is 28.6 Å². The Bertz CT molecular complexity index is 849. The number of aliphatic hydroxyl groups is 1. The molecule has 0 saturated carbocycles. The minimum Gasteiger partial charge on any atom is -0.665 e. The monoisotopic (exact) mass is 685 g/mol. The molecule has 0 fully saturated rings. The van der Waals surface area contributed by atoms with Crippen LogP contribution < -0.4 is 10.0 Å². The Kier molecular flexibility index (Phi) is 21.4. The zero-order valence-electron chi connectivity index (χ0n) is 16.5. The molecule has 1 atom stereocenters. The van der Waals surface area contributed by atoms with Gasteiger partial charge in [-0.3, -0.25) is 13.9 Å². The smallest absolute Gasteiger partial charge is 0.261 e. The van der Waals surface area contributed by atoms with Gasteiger partial charge in [0.1, 0.15) is 0 Å². The van der Waals surface area contributed by atoms with Crippen molar-refractivity contribution in [1.29, 1.82) is 0 Å². The number of rotatable bonds is 6. The van der Waals surface area contributed by atoms with Crippen molar-refractivity contribution < 1.29 is 85.1 Å². The van der Waals surface area contributed by atoms with Gasteiger partial charge in [-0.05, 0) is 42.8 Å². The zero-order chi connectivity index (χ0) is 23.7. The number of nitrogens with one attached hydrogen (secondary N) is 3. The van der Waals surface area contributed by atoms with Crippen LogP contribution in [-0.2, 0) is 14.8 Å². The molecular weight excluding hydrogens is 664 g/mol. The van der Waals surface area contributed by atoms with Crippen LogP contribution in [0, 0.1) is 51.0 Å². The summed E-state index contributed by atoms with van der Waals surface area (Å²) in [6, 6.07) is 11.3. The van der Waals surface area contributed by atoms with Gasteiger partial charge in [0.05, 0.1) is 17.8 Å². The summed E-state index contributed by atoms with van der Waals surface area (Å²) >= 11 is 0. The van der Waals surface area contributed by atoms with E-state index in [9.17, 15) is 17.6 Å². The first kappa shape index (κ1) is 34.3. The van der Waals surface area contributed by atoms with Crippen LogP contribution in [0.3, 0.4) is 0 Å². The third kappa shape index (κ3) is 12.3. The zero-order valence-corrected chi connectivity index (χ0v) is 22.0. The molecule has 0 heterocycles.